The van der Waals surface area contributed by atoms with Gasteiger partial charge in [0.25, 0.3) is 0 Å². The fraction of sp³-hybridized carbons (Fsp3) is 0.444. The van der Waals surface area contributed by atoms with Crippen molar-refractivity contribution in [2.45, 2.75) is 26.4 Å². The molecule has 0 N–H and O–H groups in total. The number of esters is 1. The van der Waals surface area contributed by atoms with Gasteiger partial charge in [-0.15, -0.1) is 0 Å². The van der Waals surface area contributed by atoms with Crippen molar-refractivity contribution in [3.05, 3.63) is 45.9 Å². The van der Waals surface area contributed by atoms with Gasteiger partial charge in [0.1, 0.15) is 0 Å². The summed E-state index contributed by atoms with van der Waals surface area (Å²) in [7, 11) is 0. The van der Waals surface area contributed by atoms with Crippen LogP contribution in [-0.4, -0.2) is 39.7 Å². The molecule has 0 saturated carbocycles. The van der Waals surface area contributed by atoms with E-state index in [-0.39, 0.29) is 11.9 Å². The fourth-order valence-corrected chi connectivity index (χ4v) is 3.65. The number of ether oxygens (including phenoxy) is 1. The Kier molecular flexibility index (Phi) is 6.09. The molecule has 0 amide bonds. The molecule has 1 aromatic carbocycles. The molecule has 1 fully saturated rings. The number of hydrogen-bond acceptors (Lipinski definition) is 4. The van der Waals surface area contributed by atoms with E-state index in [9.17, 15) is 4.79 Å². The fourth-order valence-electron chi connectivity index (χ4n) is 3.10. The van der Waals surface area contributed by atoms with Gasteiger partial charge in [-0.25, -0.2) is 0 Å². The highest BCUT2D eigenvalue weighted by molar-refractivity contribution is 9.10. The molecule has 0 unspecified atom stereocenters. The van der Waals surface area contributed by atoms with E-state index >= 15 is 0 Å². The van der Waals surface area contributed by atoms with Crippen LogP contribution in [0.1, 0.15) is 19.8 Å². The number of likely N-dealkylation sites (tertiary alicyclic amines) is 1. The molecule has 0 bridgehead atoms. The number of carbonyl (C=O) groups is 1. The smallest absolute Gasteiger partial charge is 0.309 e. The summed E-state index contributed by atoms with van der Waals surface area (Å²) in [6.45, 7) is 4.82. The van der Waals surface area contributed by atoms with Crippen molar-refractivity contribution in [3.8, 4) is 5.69 Å². The number of benzene rings is 1. The van der Waals surface area contributed by atoms with Crippen LogP contribution >= 0.6 is 28.1 Å². The summed E-state index contributed by atoms with van der Waals surface area (Å²) in [4.78, 5) is 14.2. The monoisotopic (exact) mass is 423 g/mol. The van der Waals surface area contributed by atoms with E-state index in [4.69, 9.17) is 17.0 Å². The van der Waals surface area contributed by atoms with E-state index in [1.807, 2.05) is 48.1 Å². The first kappa shape index (κ1) is 18.4. The molecule has 7 heteroatoms. The van der Waals surface area contributed by atoms with Gasteiger partial charge in [-0.2, -0.15) is 0 Å². The molecule has 0 aliphatic carbocycles. The van der Waals surface area contributed by atoms with E-state index in [1.165, 1.54) is 0 Å². The van der Waals surface area contributed by atoms with Gasteiger partial charge in [-0.3, -0.25) is 14.3 Å². The van der Waals surface area contributed by atoms with Crippen LogP contribution in [0.5, 0.6) is 0 Å². The molecule has 1 aliphatic rings. The van der Waals surface area contributed by atoms with E-state index in [2.05, 4.69) is 25.4 Å². The minimum absolute atomic E-state index is 0.0385. The van der Waals surface area contributed by atoms with Gasteiger partial charge in [0.05, 0.1) is 19.2 Å². The zero-order valence-electron chi connectivity index (χ0n) is 14.2. The minimum atomic E-state index is -0.0554. The zero-order chi connectivity index (χ0) is 17.8. The lowest BCUT2D eigenvalue weighted by atomic mass is 9.97. The molecule has 2 heterocycles. The Hall–Kier alpha value is -1.44. The Morgan fingerprint density at radius 2 is 1.92 bits per heavy atom. The number of aromatic nitrogens is 2. The summed E-state index contributed by atoms with van der Waals surface area (Å²) in [5, 5.41) is 0. The number of halogens is 1. The Morgan fingerprint density at radius 1 is 1.24 bits per heavy atom. The maximum Gasteiger partial charge on any atom is 0.309 e. The summed E-state index contributed by atoms with van der Waals surface area (Å²) >= 11 is 9.07. The first-order chi connectivity index (χ1) is 12.1. The Balaban J connectivity index is 1.62. The molecule has 0 spiro atoms. The molecule has 1 saturated heterocycles. The molecular weight excluding hydrogens is 402 g/mol. The van der Waals surface area contributed by atoms with Crippen LogP contribution in [0.4, 0.5) is 0 Å². The average molecular weight is 424 g/mol. The Bertz CT molecular complexity index is 776. The predicted octanol–water partition coefficient (Wildman–Crippen LogP) is 4.00. The minimum Gasteiger partial charge on any atom is -0.466 e. The van der Waals surface area contributed by atoms with Crippen LogP contribution in [-0.2, 0) is 16.2 Å². The van der Waals surface area contributed by atoms with Crippen LogP contribution in [0.2, 0.25) is 0 Å². The molecule has 0 atom stereocenters. The van der Waals surface area contributed by atoms with Crippen LogP contribution in [0, 0.1) is 10.7 Å². The third-order valence-electron chi connectivity index (χ3n) is 4.51. The van der Waals surface area contributed by atoms with E-state index < -0.39 is 0 Å². The van der Waals surface area contributed by atoms with Gasteiger partial charge in [0, 0.05) is 35.6 Å². The quantitative estimate of drug-likeness (QED) is 0.537. The van der Waals surface area contributed by atoms with Crippen LogP contribution < -0.4 is 0 Å². The molecule has 1 aromatic heterocycles. The highest BCUT2D eigenvalue weighted by atomic mass is 79.9. The first-order valence-electron chi connectivity index (χ1n) is 8.51. The maximum atomic E-state index is 11.8. The molecule has 5 nitrogen and oxygen atoms in total. The molecular formula is C18H22BrN3O2S. The summed E-state index contributed by atoms with van der Waals surface area (Å²) in [5.41, 5.74) is 1.05. The maximum absolute atomic E-state index is 11.8. The molecule has 1 aliphatic heterocycles. The molecule has 3 rings (SSSR count). The van der Waals surface area contributed by atoms with Gasteiger partial charge in [0.15, 0.2) is 4.77 Å². The van der Waals surface area contributed by atoms with E-state index in [0.717, 1.165) is 47.5 Å². The topological polar surface area (TPSA) is 39.4 Å². The van der Waals surface area contributed by atoms with Crippen LogP contribution in [0.3, 0.4) is 0 Å². The number of nitrogens with zero attached hydrogens (tertiary/aromatic N) is 3. The van der Waals surface area contributed by atoms with Crippen LogP contribution in [0.25, 0.3) is 5.69 Å². The third kappa shape index (κ3) is 4.40. The van der Waals surface area contributed by atoms with Gasteiger partial charge in [-0.1, -0.05) is 15.9 Å². The molecule has 2 aromatic rings. The van der Waals surface area contributed by atoms with Crippen molar-refractivity contribution < 1.29 is 9.53 Å². The van der Waals surface area contributed by atoms with E-state index in [1.54, 1.807) is 0 Å². The largest absolute Gasteiger partial charge is 0.466 e. The van der Waals surface area contributed by atoms with E-state index in [0.29, 0.717) is 6.61 Å². The third-order valence-corrected chi connectivity index (χ3v) is 5.47. The highest BCUT2D eigenvalue weighted by Gasteiger charge is 2.26. The summed E-state index contributed by atoms with van der Waals surface area (Å²) in [5.74, 6) is -0.0170. The molecule has 25 heavy (non-hydrogen) atoms. The number of hydrogen-bond donors (Lipinski definition) is 0. The van der Waals surface area contributed by atoms with Gasteiger partial charge in [0.2, 0.25) is 0 Å². The summed E-state index contributed by atoms with van der Waals surface area (Å²) in [6.07, 6.45) is 5.71. The lowest BCUT2D eigenvalue weighted by molar-refractivity contribution is -0.149. The van der Waals surface area contributed by atoms with Gasteiger partial charge >= 0.3 is 5.97 Å². The normalized spacial score (nSPS) is 16.1. The molecule has 134 valence electrons. The SMILES string of the molecule is CCOC(=O)C1CCN(Cn2ccn(-c3ccc(Br)cc3)c2=S)CC1. The number of imidazole rings is 1. The van der Waals surface area contributed by atoms with Crippen molar-refractivity contribution in [1.29, 1.82) is 0 Å². The second kappa shape index (κ2) is 8.29. The lowest BCUT2D eigenvalue weighted by Crippen LogP contribution is -2.37. The summed E-state index contributed by atoms with van der Waals surface area (Å²) < 4.78 is 11.0. The first-order valence-corrected chi connectivity index (χ1v) is 9.71. The van der Waals surface area contributed by atoms with Gasteiger partial charge in [-0.05, 0) is 56.2 Å². The number of carbonyl (C=O) groups excluding carboxylic acids is 1. The van der Waals surface area contributed by atoms with Crippen molar-refractivity contribution in [2.75, 3.05) is 19.7 Å². The van der Waals surface area contributed by atoms with Crippen LogP contribution in [0.15, 0.2) is 41.1 Å². The van der Waals surface area contributed by atoms with Gasteiger partial charge < -0.3 is 9.30 Å². The molecule has 0 radical (unpaired) electrons. The average Bonchev–Trinajstić information content (AvgIpc) is 2.97. The van der Waals surface area contributed by atoms with Crippen molar-refractivity contribution in [2.24, 2.45) is 5.92 Å². The standard InChI is InChI=1S/C18H22BrN3O2S/c1-2-24-17(23)14-7-9-20(10-8-14)13-21-11-12-22(18(21)25)16-5-3-15(19)4-6-16/h3-6,11-12,14H,2,7-10,13H2,1H3. The van der Waals surface area contributed by atoms with Crippen molar-refractivity contribution in [1.82, 2.24) is 14.0 Å². The van der Waals surface area contributed by atoms with Crippen molar-refractivity contribution in [3.63, 3.8) is 0 Å². The number of piperidine rings is 1. The predicted molar refractivity (Wildman–Crippen MR) is 103 cm³/mol. The highest BCUT2D eigenvalue weighted by Crippen LogP contribution is 2.20. The van der Waals surface area contributed by atoms with Crippen molar-refractivity contribution >= 4 is 34.1 Å². The lowest BCUT2D eigenvalue weighted by Gasteiger charge is -2.30. The second-order valence-corrected chi connectivity index (χ2v) is 7.46. The Labute approximate surface area is 161 Å². The zero-order valence-corrected chi connectivity index (χ0v) is 16.6. The summed E-state index contributed by atoms with van der Waals surface area (Å²) in [6, 6.07) is 8.09. The Morgan fingerprint density at radius 3 is 2.56 bits per heavy atom. The number of rotatable bonds is 5. The second-order valence-electron chi connectivity index (χ2n) is 6.18.